The minimum Gasteiger partial charge on any atom is -0.382 e. The van der Waals surface area contributed by atoms with Gasteiger partial charge in [0, 0.05) is 18.5 Å². The predicted molar refractivity (Wildman–Crippen MR) is 115 cm³/mol. The van der Waals surface area contributed by atoms with Crippen LogP contribution in [0, 0.1) is 17.1 Å². The van der Waals surface area contributed by atoms with E-state index in [0.29, 0.717) is 29.7 Å². The number of pyridine rings is 1. The number of halogens is 1. The maximum atomic E-state index is 14.5. The molecule has 1 unspecified atom stereocenters. The van der Waals surface area contributed by atoms with Crippen molar-refractivity contribution in [1.29, 1.82) is 5.26 Å². The normalized spacial score (nSPS) is 14.8. The number of hydrogen-bond acceptors (Lipinski definition) is 7. The van der Waals surface area contributed by atoms with Gasteiger partial charge in [-0.3, -0.25) is 4.79 Å². The Kier molecular flexibility index (Phi) is 5.62. The van der Waals surface area contributed by atoms with Crippen molar-refractivity contribution in [3.8, 4) is 6.07 Å². The number of aromatic nitrogens is 3. The van der Waals surface area contributed by atoms with Crippen LogP contribution in [0.2, 0.25) is 0 Å². The molecule has 1 aliphatic heterocycles. The standard InChI is InChI=1S/C22H22FN7O/c1-13(28-21-16(11-24)20(25)26-12-27-21)18-15(22(31)30-8-3-2-4-9-30)10-14-6-5-7-17(23)19(14)29-18/h5-7,10,12-13H,2-4,8-9H2,1H3,(H3,25,26,27,28). The third-order valence-electron chi connectivity index (χ3n) is 5.45. The SMILES string of the molecule is CC(Nc1ncnc(N)c1C#N)c1nc2c(F)cccc2cc1C(=O)N1CCCCC1. The summed E-state index contributed by atoms with van der Waals surface area (Å²) in [7, 11) is 0. The van der Waals surface area contributed by atoms with Crippen LogP contribution in [0.1, 0.15) is 53.8 Å². The van der Waals surface area contributed by atoms with Gasteiger partial charge in [0.1, 0.15) is 40.9 Å². The lowest BCUT2D eigenvalue weighted by atomic mass is 10.0. The number of likely N-dealkylation sites (tertiary alicyclic amines) is 1. The third kappa shape index (κ3) is 3.97. The molecule has 1 saturated heterocycles. The van der Waals surface area contributed by atoms with E-state index in [0.717, 1.165) is 19.3 Å². The molecule has 1 amide bonds. The van der Waals surface area contributed by atoms with E-state index in [4.69, 9.17) is 5.73 Å². The molecule has 1 atom stereocenters. The number of rotatable bonds is 4. The number of nitrogens with two attached hydrogens (primary N) is 1. The van der Waals surface area contributed by atoms with Gasteiger partial charge in [0.25, 0.3) is 5.91 Å². The van der Waals surface area contributed by atoms with Crippen LogP contribution in [0.4, 0.5) is 16.0 Å². The van der Waals surface area contributed by atoms with E-state index in [1.54, 1.807) is 25.1 Å². The van der Waals surface area contributed by atoms with Gasteiger partial charge in [-0.1, -0.05) is 12.1 Å². The summed E-state index contributed by atoms with van der Waals surface area (Å²) >= 11 is 0. The molecule has 8 nitrogen and oxygen atoms in total. The zero-order valence-corrected chi connectivity index (χ0v) is 17.1. The van der Waals surface area contributed by atoms with Gasteiger partial charge in [0.15, 0.2) is 0 Å². The van der Waals surface area contributed by atoms with E-state index in [1.165, 1.54) is 12.4 Å². The van der Waals surface area contributed by atoms with Crippen LogP contribution in [0.15, 0.2) is 30.6 Å². The second kappa shape index (κ2) is 8.52. The molecule has 3 N–H and O–H groups in total. The van der Waals surface area contributed by atoms with Crippen LogP contribution in [-0.4, -0.2) is 38.8 Å². The number of anilines is 2. The van der Waals surface area contributed by atoms with E-state index in [2.05, 4.69) is 20.3 Å². The number of nitriles is 1. The molecule has 0 spiro atoms. The van der Waals surface area contributed by atoms with Gasteiger partial charge < -0.3 is 16.0 Å². The molecule has 0 aliphatic carbocycles. The van der Waals surface area contributed by atoms with Crippen LogP contribution in [0.5, 0.6) is 0 Å². The summed E-state index contributed by atoms with van der Waals surface area (Å²) in [5, 5.41) is 13.0. The third-order valence-corrected chi connectivity index (χ3v) is 5.45. The zero-order valence-electron chi connectivity index (χ0n) is 17.1. The topological polar surface area (TPSA) is 121 Å². The van der Waals surface area contributed by atoms with Crippen molar-refractivity contribution >= 4 is 28.4 Å². The van der Waals surface area contributed by atoms with Gasteiger partial charge in [0.05, 0.1) is 17.3 Å². The molecular formula is C22H22FN7O. The van der Waals surface area contributed by atoms with Gasteiger partial charge in [-0.15, -0.1) is 0 Å². The summed E-state index contributed by atoms with van der Waals surface area (Å²) in [5.74, 6) is -0.319. The predicted octanol–water partition coefficient (Wildman–Crippen LogP) is 3.42. The second-order valence-electron chi connectivity index (χ2n) is 7.55. The Labute approximate surface area is 178 Å². The molecule has 31 heavy (non-hydrogen) atoms. The Hall–Kier alpha value is -3.80. The molecule has 1 aliphatic rings. The number of hydrogen-bond donors (Lipinski definition) is 2. The number of nitrogens with zero attached hydrogens (tertiary/aromatic N) is 5. The molecular weight excluding hydrogens is 397 g/mol. The van der Waals surface area contributed by atoms with Gasteiger partial charge in [-0.05, 0) is 38.3 Å². The second-order valence-corrected chi connectivity index (χ2v) is 7.55. The Bertz CT molecular complexity index is 1180. The fourth-order valence-corrected chi connectivity index (χ4v) is 3.84. The first-order chi connectivity index (χ1) is 15.0. The van der Waals surface area contributed by atoms with Gasteiger partial charge in [0.2, 0.25) is 0 Å². The smallest absolute Gasteiger partial charge is 0.255 e. The summed E-state index contributed by atoms with van der Waals surface area (Å²) in [4.78, 5) is 27.6. The average molecular weight is 419 g/mol. The molecule has 0 bridgehead atoms. The maximum absolute atomic E-state index is 14.5. The monoisotopic (exact) mass is 419 g/mol. The van der Waals surface area contributed by atoms with Crippen LogP contribution < -0.4 is 11.1 Å². The highest BCUT2D eigenvalue weighted by atomic mass is 19.1. The largest absolute Gasteiger partial charge is 0.382 e. The summed E-state index contributed by atoms with van der Waals surface area (Å²) < 4.78 is 14.5. The van der Waals surface area contributed by atoms with Crippen LogP contribution in [0.25, 0.3) is 10.9 Å². The molecule has 0 saturated carbocycles. The van der Waals surface area contributed by atoms with Crippen molar-refractivity contribution in [1.82, 2.24) is 19.9 Å². The lowest BCUT2D eigenvalue weighted by Crippen LogP contribution is -2.36. The van der Waals surface area contributed by atoms with Crippen molar-refractivity contribution in [3.63, 3.8) is 0 Å². The van der Waals surface area contributed by atoms with Crippen LogP contribution in [0.3, 0.4) is 0 Å². The maximum Gasteiger partial charge on any atom is 0.255 e. The van der Waals surface area contributed by atoms with Crippen molar-refractivity contribution in [2.75, 3.05) is 24.1 Å². The quantitative estimate of drug-likeness (QED) is 0.665. The summed E-state index contributed by atoms with van der Waals surface area (Å²) in [6.45, 7) is 3.14. The Morgan fingerprint density at radius 2 is 2.06 bits per heavy atom. The van der Waals surface area contributed by atoms with E-state index in [1.807, 2.05) is 11.0 Å². The van der Waals surface area contributed by atoms with E-state index < -0.39 is 11.9 Å². The van der Waals surface area contributed by atoms with Gasteiger partial charge >= 0.3 is 0 Å². The number of amides is 1. The number of benzene rings is 1. The lowest BCUT2D eigenvalue weighted by molar-refractivity contribution is 0.0722. The first-order valence-corrected chi connectivity index (χ1v) is 10.1. The van der Waals surface area contributed by atoms with E-state index in [-0.39, 0.29) is 28.6 Å². The molecule has 3 heterocycles. The van der Waals surface area contributed by atoms with Crippen molar-refractivity contribution in [2.24, 2.45) is 0 Å². The first-order valence-electron chi connectivity index (χ1n) is 10.1. The summed E-state index contributed by atoms with van der Waals surface area (Å²) in [5.41, 5.74) is 6.85. The van der Waals surface area contributed by atoms with Crippen LogP contribution >= 0.6 is 0 Å². The average Bonchev–Trinajstić information content (AvgIpc) is 2.79. The number of para-hydroxylation sites is 1. The Morgan fingerprint density at radius 1 is 1.29 bits per heavy atom. The highest BCUT2D eigenvalue weighted by Gasteiger charge is 2.26. The Balaban J connectivity index is 1.79. The number of carbonyl (C=O) groups excluding carboxylic acids is 1. The number of piperidine rings is 1. The molecule has 158 valence electrons. The van der Waals surface area contributed by atoms with Crippen molar-refractivity contribution < 1.29 is 9.18 Å². The summed E-state index contributed by atoms with van der Waals surface area (Å²) in [6.07, 6.45) is 4.26. The molecule has 0 radical (unpaired) electrons. The molecule has 1 aromatic carbocycles. The lowest BCUT2D eigenvalue weighted by Gasteiger charge is -2.28. The van der Waals surface area contributed by atoms with E-state index >= 15 is 0 Å². The fourth-order valence-electron chi connectivity index (χ4n) is 3.84. The minimum atomic E-state index is -0.547. The molecule has 3 aromatic rings. The highest BCUT2D eigenvalue weighted by Crippen LogP contribution is 2.28. The molecule has 1 fully saturated rings. The molecule has 2 aromatic heterocycles. The van der Waals surface area contributed by atoms with Crippen molar-refractivity contribution in [2.45, 2.75) is 32.2 Å². The van der Waals surface area contributed by atoms with Crippen molar-refractivity contribution in [3.05, 3.63) is 53.2 Å². The fraction of sp³-hybridized carbons (Fsp3) is 0.318. The minimum absolute atomic E-state index is 0.0503. The number of nitrogens with one attached hydrogen (secondary N) is 1. The molecule has 9 heteroatoms. The number of fused-ring (bicyclic) bond motifs is 1. The van der Waals surface area contributed by atoms with Gasteiger partial charge in [-0.25, -0.2) is 19.3 Å². The summed E-state index contributed by atoms with van der Waals surface area (Å²) in [6, 6.07) is 7.79. The first kappa shape index (κ1) is 20.5. The van der Waals surface area contributed by atoms with E-state index in [9.17, 15) is 14.4 Å². The number of nitrogen functional groups attached to an aromatic ring is 1. The van der Waals surface area contributed by atoms with Gasteiger partial charge in [-0.2, -0.15) is 5.26 Å². The zero-order chi connectivity index (χ0) is 22.0. The molecule has 4 rings (SSSR count). The van der Waals surface area contributed by atoms with Crippen LogP contribution in [-0.2, 0) is 0 Å². The number of carbonyl (C=O) groups is 1. The Morgan fingerprint density at radius 3 is 2.81 bits per heavy atom. The highest BCUT2D eigenvalue weighted by molar-refractivity contribution is 5.99.